The van der Waals surface area contributed by atoms with E-state index < -0.39 is 54.3 Å². The predicted octanol–water partition coefficient (Wildman–Crippen LogP) is 0.259. The average Bonchev–Trinajstić information content (AvgIpc) is 2.78. The maximum atomic E-state index is 12.7. The minimum absolute atomic E-state index is 0.0161. The molecule has 2 aliphatic rings. The molecule has 2 heterocycles. The molecule has 0 saturated carbocycles. The molecule has 0 spiro atoms. The SMILES string of the molecule is CCOC(=O)C1OC(Oc2cc(O)c3c(c2)OC(c2cc(O)cc(O)c2)CC3=O)C(O)C(O)C1O. The van der Waals surface area contributed by atoms with Gasteiger partial charge in [-0.3, -0.25) is 4.79 Å². The van der Waals surface area contributed by atoms with Gasteiger partial charge in [-0.25, -0.2) is 4.79 Å². The molecule has 0 bridgehead atoms. The van der Waals surface area contributed by atoms with E-state index in [2.05, 4.69) is 0 Å². The van der Waals surface area contributed by atoms with Crippen molar-refractivity contribution in [3.63, 3.8) is 0 Å². The zero-order chi connectivity index (χ0) is 25.4. The smallest absolute Gasteiger partial charge is 0.338 e. The standard InChI is InChI=1S/C23H24O12/c1-2-32-22(31)21-19(29)18(28)20(30)23(35-21)33-12-6-13(26)17-14(27)8-15(34-16(17)7-12)9-3-10(24)5-11(25)4-9/h3-7,15,18-21,23-26,28-30H,2,8H2,1H3. The Kier molecular flexibility index (Phi) is 6.72. The number of hydrogen-bond acceptors (Lipinski definition) is 12. The number of Topliss-reactive ketones (excluding diaryl/α,β-unsaturated/α-hetero) is 1. The molecule has 2 aliphatic heterocycles. The summed E-state index contributed by atoms with van der Waals surface area (Å²) < 4.78 is 21.5. The molecule has 0 aromatic heterocycles. The minimum Gasteiger partial charge on any atom is -0.508 e. The van der Waals surface area contributed by atoms with Crippen molar-refractivity contribution in [1.29, 1.82) is 0 Å². The Hall–Kier alpha value is -3.58. The number of aromatic hydroxyl groups is 3. The lowest BCUT2D eigenvalue weighted by atomic mass is 9.95. The normalized spacial score (nSPS) is 28.1. The highest BCUT2D eigenvalue weighted by molar-refractivity contribution is 6.02. The molecule has 12 nitrogen and oxygen atoms in total. The predicted molar refractivity (Wildman–Crippen MR) is 114 cm³/mol. The maximum absolute atomic E-state index is 12.7. The minimum atomic E-state index is -1.81. The van der Waals surface area contributed by atoms with E-state index in [0.29, 0.717) is 5.56 Å². The largest absolute Gasteiger partial charge is 0.508 e. The number of fused-ring (bicyclic) bond motifs is 1. The van der Waals surface area contributed by atoms with Crippen LogP contribution in [0.3, 0.4) is 0 Å². The molecule has 1 saturated heterocycles. The number of aliphatic hydroxyl groups is 3. The highest BCUT2D eigenvalue weighted by Crippen LogP contribution is 2.43. The Labute approximate surface area is 198 Å². The van der Waals surface area contributed by atoms with Gasteiger partial charge in [0.1, 0.15) is 58.7 Å². The number of carbonyl (C=O) groups excluding carboxylic acids is 2. The van der Waals surface area contributed by atoms with Gasteiger partial charge >= 0.3 is 5.97 Å². The molecule has 6 unspecified atom stereocenters. The molecule has 0 radical (unpaired) electrons. The van der Waals surface area contributed by atoms with Crippen LogP contribution in [-0.4, -0.2) is 79.7 Å². The first-order chi connectivity index (χ1) is 16.6. The third-order valence-corrected chi connectivity index (χ3v) is 5.61. The summed E-state index contributed by atoms with van der Waals surface area (Å²) in [6.45, 7) is 1.52. The van der Waals surface area contributed by atoms with Gasteiger partial charge in [-0.05, 0) is 19.1 Å². The van der Waals surface area contributed by atoms with Gasteiger partial charge in [0.05, 0.1) is 13.0 Å². The molecule has 0 amide bonds. The number of carbonyl (C=O) groups is 2. The summed E-state index contributed by atoms with van der Waals surface area (Å²) in [4.78, 5) is 24.8. The van der Waals surface area contributed by atoms with Gasteiger partial charge in [0.15, 0.2) is 11.9 Å². The van der Waals surface area contributed by atoms with E-state index in [-0.39, 0.29) is 41.6 Å². The van der Waals surface area contributed by atoms with E-state index >= 15 is 0 Å². The third-order valence-electron chi connectivity index (χ3n) is 5.61. The van der Waals surface area contributed by atoms with Crippen molar-refractivity contribution in [2.24, 2.45) is 0 Å². The second-order valence-electron chi connectivity index (χ2n) is 8.10. The quantitative estimate of drug-likeness (QED) is 0.312. The number of benzene rings is 2. The average molecular weight is 492 g/mol. The second-order valence-corrected chi connectivity index (χ2v) is 8.10. The zero-order valence-electron chi connectivity index (χ0n) is 18.4. The van der Waals surface area contributed by atoms with Crippen molar-refractivity contribution in [2.45, 2.75) is 50.2 Å². The van der Waals surface area contributed by atoms with Gasteiger partial charge in [-0.1, -0.05) is 0 Å². The van der Waals surface area contributed by atoms with Crippen LogP contribution in [0.15, 0.2) is 30.3 Å². The number of ketones is 1. The first kappa shape index (κ1) is 24.5. The van der Waals surface area contributed by atoms with Gasteiger partial charge in [0.2, 0.25) is 6.29 Å². The Morgan fingerprint density at radius 3 is 2.34 bits per heavy atom. The Balaban J connectivity index is 1.60. The van der Waals surface area contributed by atoms with E-state index in [9.17, 15) is 40.2 Å². The lowest BCUT2D eigenvalue weighted by molar-refractivity contribution is -0.272. The molecule has 4 rings (SSSR count). The fraction of sp³-hybridized carbons (Fsp3) is 0.391. The van der Waals surface area contributed by atoms with Crippen LogP contribution in [-0.2, 0) is 14.3 Å². The van der Waals surface area contributed by atoms with Crippen molar-refractivity contribution < 1.29 is 59.2 Å². The summed E-state index contributed by atoms with van der Waals surface area (Å²) in [7, 11) is 0. The summed E-state index contributed by atoms with van der Waals surface area (Å²) in [5.41, 5.74) is 0.190. The first-order valence-corrected chi connectivity index (χ1v) is 10.7. The molecule has 188 valence electrons. The van der Waals surface area contributed by atoms with E-state index in [0.717, 1.165) is 12.1 Å². The topological polar surface area (TPSA) is 192 Å². The molecule has 1 fully saturated rings. The molecule has 6 atom stereocenters. The van der Waals surface area contributed by atoms with E-state index in [1.807, 2.05) is 0 Å². The van der Waals surface area contributed by atoms with Crippen LogP contribution in [0.1, 0.15) is 35.4 Å². The van der Waals surface area contributed by atoms with Crippen molar-refractivity contribution in [2.75, 3.05) is 6.61 Å². The van der Waals surface area contributed by atoms with Gasteiger partial charge in [0.25, 0.3) is 0 Å². The van der Waals surface area contributed by atoms with E-state index in [4.69, 9.17) is 18.9 Å². The maximum Gasteiger partial charge on any atom is 0.338 e. The first-order valence-electron chi connectivity index (χ1n) is 10.7. The van der Waals surface area contributed by atoms with Crippen LogP contribution in [0.4, 0.5) is 0 Å². The number of esters is 1. The summed E-state index contributed by atoms with van der Waals surface area (Å²) >= 11 is 0. The highest BCUT2D eigenvalue weighted by atomic mass is 16.7. The molecular formula is C23H24O12. The molecule has 12 heteroatoms. The monoisotopic (exact) mass is 492 g/mol. The Morgan fingerprint density at radius 2 is 1.69 bits per heavy atom. The van der Waals surface area contributed by atoms with Gasteiger partial charge in [-0.2, -0.15) is 0 Å². The van der Waals surface area contributed by atoms with Crippen molar-refractivity contribution in [3.05, 3.63) is 41.5 Å². The van der Waals surface area contributed by atoms with E-state index in [1.165, 1.54) is 25.1 Å². The fourth-order valence-electron chi connectivity index (χ4n) is 3.97. The fourth-order valence-corrected chi connectivity index (χ4v) is 3.97. The number of phenols is 3. The molecule has 2 aromatic rings. The van der Waals surface area contributed by atoms with Crippen molar-refractivity contribution in [3.8, 4) is 28.7 Å². The van der Waals surface area contributed by atoms with Crippen LogP contribution < -0.4 is 9.47 Å². The zero-order valence-corrected chi connectivity index (χ0v) is 18.4. The Bertz CT molecular complexity index is 1110. The lowest BCUT2D eigenvalue weighted by Gasteiger charge is -2.39. The van der Waals surface area contributed by atoms with Gasteiger partial charge in [-0.15, -0.1) is 0 Å². The van der Waals surface area contributed by atoms with Crippen LogP contribution in [0.5, 0.6) is 28.7 Å². The van der Waals surface area contributed by atoms with Crippen LogP contribution >= 0.6 is 0 Å². The van der Waals surface area contributed by atoms with Crippen LogP contribution in [0, 0.1) is 0 Å². The summed E-state index contributed by atoms with van der Waals surface area (Å²) in [5.74, 6) is -2.64. The second kappa shape index (κ2) is 9.58. The third kappa shape index (κ3) is 4.82. The molecular weight excluding hydrogens is 468 g/mol. The highest BCUT2D eigenvalue weighted by Gasteiger charge is 2.48. The summed E-state index contributed by atoms with van der Waals surface area (Å²) in [6, 6.07) is 6.04. The lowest BCUT2D eigenvalue weighted by Crippen LogP contribution is -2.61. The summed E-state index contributed by atoms with van der Waals surface area (Å²) in [6.07, 6.45) is -9.75. The van der Waals surface area contributed by atoms with Gasteiger partial charge < -0.3 is 49.6 Å². The Morgan fingerprint density at radius 1 is 1.00 bits per heavy atom. The van der Waals surface area contributed by atoms with Crippen molar-refractivity contribution in [1.82, 2.24) is 0 Å². The number of phenolic OH excluding ortho intramolecular Hbond substituents is 3. The number of ether oxygens (including phenoxy) is 4. The van der Waals surface area contributed by atoms with Gasteiger partial charge in [0, 0.05) is 23.8 Å². The molecule has 0 aliphatic carbocycles. The molecule has 6 N–H and O–H groups in total. The van der Waals surface area contributed by atoms with Crippen molar-refractivity contribution >= 4 is 11.8 Å². The van der Waals surface area contributed by atoms with E-state index in [1.54, 1.807) is 0 Å². The number of rotatable bonds is 5. The molecule has 2 aromatic carbocycles. The molecule has 35 heavy (non-hydrogen) atoms. The number of hydrogen-bond donors (Lipinski definition) is 6. The van der Waals surface area contributed by atoms with Crippen LogP contribution in [0.2, 0.25) is 0 Å². The number of aliphatic hydroxyl groups excluding tert-OH is 3. The summed E-state index contributed by atoms with van der Waals surface area (Å²) in [5, 5.41) is 60.4. The van der Waals surface area contributed by atoms with Crippen LogP contribution in [0.25, 0.3) is 0 Å².